The van der Waals surface area contributed by atoms with E-state index >= 15 is 0 Å². The Hall–Kier alpha value is -2.05. The number of ether oxygens (including phenoxy) is 1. The van der Waals surface area contributed by atoms with E-state index in [9.17, 15) is 22.8 Å². The zero-order valence-corrected chi connectivity index (χ0v) is 8.45. The summed E-state index contributed by atoms with van der Waals surface area (Å²) in [6.45, 7) is -0.501. The predicted octanol–water partition coefficient (Wildman–Crippen LogP) is 1.38. The lowest BCUT2D eigenvalue weighted by Crippen LogP contribution is -2.15. The molecule has 0 unspecified atom stereocenters. The van der Waals surface area contributed by atoms with Gasteiger partial charge in [-0.15, -0.1) is 0 Å². The number of rotatable bonds is 4. The number of aldehydes is 1. The number of carbonyl (C=O) groups is 2. The summed E-state index contributed by atoms with van der Waals surface area (Å²) < 4.78 is 42.4. The molecule has 17 heavy (non-hydrogen) atoms. The molecule has 1 amide bonds. The molecule has 0 fully saturated rings. The molecule has 0 saturated heterocycles. The molecule has 7 heteroatoms. The van der Waals surface area contributed by atoms with Crippen LogP contribution < -0.4 is 10.5 Å². The van der Waals surface area contributed by atoms with Crippen LogP contribution in [0.4, 0.5) is 13.2 Å². The zero-order valence-electron chi connectivity index (χ0n) is 8.45. The molecular formula is C10H8F3NO3. The summed E-state index contributed by atoms with van der Waals surface area (Å²) in [5.74, 6) is -1.49. The van der Waals surface area contributed by atoms with Gasteiger partial charge < -0.3 is 10.5 Å². The van der Waals surface area contributed by atoms with Crippen LogP contribution in [0.5, 0.6) is 5.75 Å². The van der Waals surface area contributed by atoms with E-state index in [1.807, 2.05) is 0 Å². The van der Waals surface area contributed by atoms with Gasteiger partial charge in [0.05, 0.1) is 5.56 Å². The summed E-state index contributed by atoms with van der Waals surface area (Å²) in [6, 6.07) is 2.63. The number of alkyl halides is 3. The molecule has 0 aliphatic heterocycles. The lowest BCUT2D eigenvalue weighted by Gasteiger charge is -2.13. The molecule has 0 spiro atoms. The van der Waals surface area contributed by atoms with Crippen molar-refractivity contribution >= 4 is 12.2 Å². The topological polar surface area (TPSA) is 69.4 Å². The highest BCUT2D eigenvalue weighted by Gasteiger charge is 2.35. The second-order valence-corrected chi connectivity index (χ2v) is 3.05. The van der Waals surface area contributed by atoms with Crippen LogP contribution in [0.15, 0.2) is 18.2 Å². The molecule has 4 nitrogen and oxygen atoms in total. The Morgan fingerprint density at radius 2 is 2.06 bits per heavy atom. The van der Waals surface area contributed by atoms with Crippen molar-refractivity contribution in [3.05, 3.63) is 29.3 Å². The number of hydrogen-bond donors (Lipinski definition) is 1. The van der Waals surface area contributed by atoms with Gasteiger partial charge in [-0.05, 0) is 18.2 Å². The van der Waals surface area contributed by atoms with E-state index in [1.54, 1.807) is 0 Å². The number of primary amides is 1. The SMILES string of the molecule is NC(=O)c1ccc(OCC=O)c(C(F)(F)F)c1. The number of hydrogen-bond acceptors (Lipinski definition) is 3. The van der Waals surface area contributed by atoms with Gasteiger partial charge in [0.25, 0.3) is 0 Å². The van der Waals surface area contributed by atoms with Gasteiger partial charge in [0.2, 0.25) is 5.91 Å². The monoisotopic (exact) mass is 247 g/mol. The Morgan fingerprint density at radius 3 is 2.53 bits per heavy atom. The van der Waals surface area contributed by atoms with E-state index in [0.29, 0.717) is 12.4 Å². The summed E-state index contributed by atoms with van der Waals surface area (Å²) in [5.41, 5.74) is 3.45. The first-order valence-electron chi connectivity index (χ1n) is 4.43. The van der Waals surface area contributed by atoms with Gasteiger partial charge >= 0.3 is 6.18 Å². The first-order valence-corrected chi connectivity index (χ1v) is 4.43. The van der Waals surface area contributed by atoms with Gasteiger partial charge in [-0.1, -0.05) is 0 Å². The highest BCUT2D eigenvalue weighted by atomic mass is 19.4. The van der Waals surface area contributed by atoms with Gasteiger partial charge in [0.15, 0.2) is 6.29 Å². The van der Waals surface area contributed by atoms with Crippen LogP contribution in [-0.4, -0.2) is 18.8 Å². The fourth-order valence-electron chi connectivity index (χ4n) is 1.15. The number of carbonyl (C=O) groups excluding carboxylic acids is 2. The van der Waals surface area contributed by atoms with Crippen molar-refractivity contribution in [2.45, 2.75) is 6.18 Å². The third kappa shape index (κ3) is 3.20. The van der Waals surface area contributed by atoms with Crippen molar-refractivity contribution in [1.82, 2.24) is 0 Å². The smallest absolute Gasteiger partial charge is 0.419 e. The van der Waals surface area contributed by atoms with Gasteiger partial charge in [-0.25, -0.2) is 0 Å². The Kier molecular flexibility index (Phi) is 3.72. The van der Waals surface area contributed by atoms with Crippen LogP contribution in [0.2, 0.25) is 0 Å². The third-order valence-corrected chi connectivity index (χ3v) is 1.88. The maximum Gasteiger partial charge on any atom is 0.419 e. The maximum absolute atomic E-state index is 12.6. The van der Waals surface area contributed by atoms with E-state index in [-0.39, 0.29) is 5.56 Å². The van der Waals surface area contributed by atoms with Crippen LogP contribution in [0.3, 0.4) is 0 Å². The molecule has 0 atom stereocenters. The molecule has 92 valence electrons. The fraction of sp³-hybridized carbons (Fsp3) is 0.200. The van der Waals surface area contributed by atoms with E-state index in [2.05, 4.69) is 4.74 Å². The minimum Gasteiger partial charge on any atom is -0.486 e. The summed E-state index contributed by atoms with van der Waals surface area (Å²) in [5, 5.41) is 0. The van der Waals surface area contributed by atoms with E-state index < -0.39 is 30.0 Å². The minimum absolute atomic E-state index is 0.282. The van der Waals surface area contributed by atoms with Crippen molar-refractivity contribution < 1.29 is 27.5 Å². The van der Waals surface area contributed by atoms with Crippen LogP contribution in [0, 0.1) is 0 Å². The maximum atomic E-state index is 12.6. The Balaban J connectivity index is 3.21. The molecule has 0 aliphatic rings. The summed E-state index contributed by atoms with van der Waals surface area (Å²) in [4.78, 5) is 20.8. The van der Waals surface area contributed by atoms with Crippen molar-refractivity contribution in [3.8, 4) is 5.75 Å². The summed E-state index contributed by atoms with van der Waals surface area (Å²) in [7, 11) is 0. The molecule has 1 aromatic carbocycles. The molecule has 1 aromatic rings. The quantitative estimate of drug-likeness (QED) is 0.817. The number of amides is 1. The predicted molar refractivity (Wildman–Crippen MR) is 51.5 cm³/mol. The standard InChI is InChI=1S/C10H8F3NO3/c11-10(12,13)7-5-6(9(14)16)1-2-8(7)17-4-3-15/h1-3,5H,4H2,(H2,14,16). The second-order valence-electron chi connectivity index (χ2n) is 3.05. The molecule has 0 aromatic heterocycles. The van der Waals surface area contributed by atoms with Crippen molar-refractivity contribution in [2.75, 3.05) is 6.61 Å². The lowest BCUT2D eigenvalue weighted by atomic mass is 10.1. The van der Waals surface area contributed by atoms with E-state index in [1.165, 1.54) is 0 Å². The van der Waals surface area contributed by atoms with Crippen LogP contribution in [0.1, 0.15) is 15.9 Å². The largest absolute Gasteiger partial charge is 0.486 e. The van der Waals surface area contributed by atoms with Crippen LogP contribution >= 0.6 is 0 Å². The molecule has 0 bridgehead atoms. The van der Waals surface area contributed by atoms with Gasteiger partial charge in [-0.2, -0.15) is 13.2 Å². The molecule has 0 radical (unpaired) electrons. The molecular weight excluding hydrogens is 239 g/mol. The molecule has 1 rings (SSSR count). The molecule has 0 aliphatic carbocycles. The van der Waals surface area contributed by atoms with Crippen molar-refractivity contribution in [1.29, 1.82) is 0 Å². The number of benzene rings is 1. The highest BCUT2D eigenvalue weighted by molar-refractivity contribution is 5.93. The molecule has 0 saturated carbocycles. The summed E-state index contributed by atoms with van der Waals surface area (Å²) in [6.07, 6.45) is -4.37. The number of halogens is 3. The first kappa shape index (κ1) is 13.0. The Morgan fingerprint density at radius 1 is 1.41 bits per heavy atom. The minimum atomic E-state index is -4.69. The van der Waals surface area contributed by atoms with Crippen molar-refractivity contribution in [2.24, 2.45) is 5.73 Å². The average Bonchev–Trinajstić information content (AvgIpc) is 2.24. The average molecular weight is 247 g/mol. The Labute approximate surface area is 94.2 Å². The van der Waals surface area contributed by atoms with Crippen molar-refractivity contribution in [3.63, 3.8) is 0 Å². The fourth-order valence-corrected chi connectivity index (χ4v) is 1.15. The molecule has 2 N–H and O–H groups in total. The third-order valence-electron chi connectivity index (χ3n) is 1.88. The Bertz CT molecular complexity index is 443. The van der Waals surface area contributed by atoms with Crippen LogP contribution in [0.25, 0.3) is 0 Å². The van der Waals surface area contributed by atoms with E-state index in [0.717, 1.165) is 12.1 Å². The number of nitrogens with two attached hydrogens (primary N) is 1. The van der Waals surface area contributed by atoms with E-state index in [4.69, 9.17) is 5.73 Å². The summed E-state index contributed by atoms with van der Waals surface area (Å²) >= 11 is 0. The normalized spacial score (nSPS) is 11.0. The second kappa shape index (κ2) is 4.86. The van der Waals surface area contributed by atoms with Gasteiger partial charge in [0.1, 0.15) is 12.4 Å². The van der Waals surface area contributed by atoms with Gasteiger partial charge in [0, 0.05) is 5.56 Å². The highest BCUT2D eigenvalue weighted by Crippen LogP contribution is 2.36. The zero-order chi connectivity index (χ0) is 13.1. The lowest BCUT2D eigenvalue weighted by molar-refractivity contribution is -0.139. The van der Waals surface area contributed by atoms with Gasteiger partial charge in [-0.3, -0.25) is 9.59 Å². The first-order chi connectivity index (χ1) is 7.86. The van der Waals surface area contributed by atoms with Crippen LogP contribution in [-0.2, 0) is 11.0 Å². The molecule has 0 heterocycles.